The molecule has 1 aliphatic rings. The van der Waals surface area contributed by atoms with Crippen molar-refractivity contribution < 1.29 is 14.3 Å². The zero-order chi connectivity index (χ0) is 23.2. The van der Waals surface area contributed by atoms with Crippen molar-refractivity contribution >= 4 is 46.0 Å². The monoisotopic (exact) mass is 475 g/mol. The Morgan fingerprint density at radius 2 is 1.55 bits per heavy atom. The first kappa shape index (κ1) is 23.1. The Labute approximate surface area is 204 Å². The van der Waals surface area contributed by atoms with Gasteiger partial charge < -0.3 is 9.47 Å². The summed E-state index contributed by atoms with van der Waals surface area (Å²) in [7, 11) is 0. The largest absolute Gasteiger partial charge is 0.493 e. The average molecular weight is 476 g/mol. The van der Waals surface area contributed by atoms with Crippen molar-refractivity contribution in [1.29, 1.82) is 0 Å². The number of rotatable bonds is 8. The fourth-order valence-electron chi connectivity index (χ4n) is 3.32. The number of hydrogen-bond donors (Lipinski definition) is 0. The lowest BCUT2D eigenvalue weighted by Gasteiger charge is -2.13. The highest BCUT2D eigenvalue weighted by atomic mass is 32.2. The van der Waals surface area contributed by atoms with E-state index in [1.54, 1.807) is 4.90 Å². The molecule has 0 radical (unpaired) electrons. The second-order valence-corrected chi connectivity index (χ2v) is 9.39. The Balaban J connectivity index is 1.27. The van der Waals surface area contributed by atoms with Crippen LogP contribution in [0, 0.1) is 13.8 Å². The van der Waals surface area contributed by atoms with Crippen molar-refractivity contribution in [3.8, 4) is 11.5 Å². The molecule has 1 saturated heterocycles. The van der Waals surface area contributed by atoms with E-state index >= 15 is 0 Å². The number of anilines is 1. The average Bonchev–Trinajstić information content (AvgIpc) is 3.10. The number of thiocarbonyl (C=S) groups is 1. The highest BCUT2D eigenvalue weighted by molar-refractivity contribution is 8.27. The van der Waals surface area contributed by atoms with E-state index in [0.717, 1.165) is 29.2 Å². The fraction of sp³-hybridized carbons (Fsp3) is 0.185. The molecule has 6 heteroatoms. The van der Waals surface area contributed by atoms with Crippen molar-refractivity contribution in [2.75, 3.05) is 18.1 Å². The quantitative estimate of drug-likeness (QED) is 0.210. The molecule has 3 aromatic carbocycles. The van der Waals surface area contributed by atoms with Gasteiger partial charge in [-0.1, -0.05) is 60.4 Å². The standard InChI is InChI=1S/C27H25NO3S2/c1-19-9-12-24(17-20(19)2)31-16-6-15-30-23-13-10-21(11-14-23)18-25-26(29)28(27(32)33-25)22-7-4-3-5-8-22/h3-5,7-14,17-18H,6,15-16H2,1-2H3. The van der Waals surface area contributed by atoms with Crippen LogP contribution < -0.4 is 14.4 Å². The lowest BCUT2D eigenvalue weighted by atomic mass is 10.1. The third kappa shape index (κ3) is 5.83. The smallest absolute Gasteiger partial charge is 0.270 e. The Bertz CT molecular complexity index is 1170. The van der Waals surface area contributed by atoms with Crippen LogP contribution in [0.4, 0.5) is 5.69 Å². The van der Waals surface area contributed by atoms with Gasteiger partial charge in [-0.25, -0.2) is 0 Å². The van der Waals surface area contributed by atoms with Crippen LogP contribution in [0.5, 0.6) is 11.5 Å². The normalized spacial score (nSPS) is 14.7. The Morgan fingerprint density at radius 3 is 2.24 bits per heavy atom. The van der Waals surface area contributed by atoms with Gasteiger partial charge in [-0.15, -0.1) is 0 Å². The van der Waals surface area contributed by atoms with Crippen molar-refractivity contribution in [3.63, 3.8) is 0 Å². The third-order valence-corrected chi connectivity index (χ3v) is 6.59. The van der Waals surface area contributed by atoms with Crippen LogP contribution in [-0.4, -0.2) is 23.4 Å². The minimum atomic E-state index is -0.0969. The van der Waals surface area contributed by atoms with Crippen molar-refractivity contribution in [1.82, 2.24) is 0 Å². The Morgan fingerprint density at radius 1 is 0.879 bits per heavy atom. The van der Waals surface area contributed by atoms with Crippen LogP contribution in [0.15, 0.2) is 77.7 Å². The minimum Gasteiger partial charge on any atom is -0.493 e. The second-order valence-electron chi connectivity index (χ2n) is 7.72. The number of benzene rings is 3. The zero-order valence-corrected chi connectivity index (χ0v) is 20.2. The predicted octanol–water partition coefficient (Wildman–Crippen LogP) is 6.56. The van der Waals surface area contributed by atoms with Crippen molar-refractivity contribution in [2.45, 2.75) is 20.3 Å². The molecule has 0 saturated carbocycles. The van der Waals surface area contributed by atoms with Crippen LogP contribution in [0.2, 0.25) is 0 Å². The third-order valence-electron chi connectivity index (χ3n) is 5.29. The minimum absolute atomic E-state index is 0.0969. The van der Waals surface area contributed by atoms with Gasteiger partial charge in [0.25, 0.3) is 5.91 Å². The van der Waals surface area contributed by atoms with Crippen LogP contribution >= 0.6 is 24.0 Å². The summed E-state index contributed by atoms with van der Waals surface area (Å²) in [5.41, 5.74) is 4.20. The summed E-state index contributed by atoms with van der Waals surface area (Å²) in [6.07, 6.45) is 2.65. The molecule has 4 nitrogen and oxygen atoms in total. The maximum Gasteiger partial charge on any atom is 0.270 e. The van der Waals surface area contributed by atoms with E-state index in [1.165, 1.54) is 22.9 Å². The molecule has 3 aromatic rings. The summed E-state index contributed by atoms with van der Waals surface area (Å²) in [6.45, 7) is 5.34. The summed E-state index contributed by atoms with van der Waals surface area (Å²) in [6, 6.07) is 23.3. The number of nitrogens with zero attached hydrogens (tertiary/aromatic N) is 1. The van der Waals surface area contributed by atoms with Gasteiger partial charge in [0.15, 0.2) is 4.32 Å². The zero-order valence-electron chi connectivity index (χ0n) is 18.6. The van der Waals surface area contributed by atoms with Gasteiger partial charge >= 0.3 is 0 Å². The highest BCUT2D eigenvalue weighted by Crippen LogP contribution is 2.36. The topological polar surface area (TPSA) is 38.8 Å². The lowest BCUT2D eigenvalue weighted by molar-refractivity contribution is -0.113. The molecule has 168 valence electrons. The van der Waals surface area contributed by atoms with Crippen LogP contribution in [0.3, 0.4) is 0 Å². The molecule has 1 heterocycles. The molecule has 1 aliphatic heterocycles. The summed E-state index contributed by atoms with van der Waals surface area (Å²) in [5.74, 6) is 1.58. The first-order valence-electron chi connectivity index (χ1n) is 10.8. The van der Waals surface area contributed by atoms with E-state index in [9.17, 15) is 4.79 Å². The summed E-state index contributed by atoms with van der Waals surface area (Å²) < 4.78 is 12.2. The van der Waals surface area contributed by atoms with E-state index in [-0.39, 0.29) is 5.91 Å². The molecule has 0 N–H and O–H groups in total. The molecule has 0 aliphatic carbocycles. The molecule has 1 fully saturated rings. The van der Waals surface area contributed by atoms with Gasteiger partial charge in [0.1, 0.15) is 11.5 Å². The molecule has 0 aromatic heterocycles. The molecule has 0 atom stereocenters. The number of thioether (sulfide) groups is 1. The fourth-order valence-corrected chi connectivity index (χ4v) is 4.62. The Kier molecular flexibility index (Phi) is 7.47. The number of ether oxygens (including phenoxy) is 2. The number of amides is 1. The van der Waals surface area contributed by atoms with E-state index in [0.29, 0.717) is 22.4 Å². The van der Waals surface area contributed by atoms with Crippen LogP contribution in [-0.2, 0) is 4.79 Å². The number of carbonyl (C=O) groups excluding carboxylic acids is 1. The summed E-state index contributed by atoms with van der Waals surface area (Å²) >= 11 is 6.74. The maximum atomic E-state index is 12.8. The van der Waals surface area contributed by atoms with E-state index in [1.807, 2.05) is 66.7 Å². The van der Waals surface area contributed by atoms with E-state index in [4.69, 9.17) is 21.7 Å². The molecule has 0 bridgehead atoms. The van der Waals surface area contributed by atoms with Crippen LogP contribution in [0.25, 0.3) is 6.08 Å². The summed E-state index contributed by atoms with van der Waals surface area (Å²) in [5, 5.41) is 0. The molecule has 33 heavy (non-hydrogen) atoms. The van der Waals surface area contributed by atoms with Gasteiger partial charge in [0.05, 0.1) is 23.8 Å². The van der Waals surface area contributed by atoms with Gasteiger partial charge in [0, 0.05) is 6.42 Å². The van der Waals surface area contributed by atoms with Crippen molar-refractivity contribution in [3.05, 3.63) is 94.4 Å². The maximum absolute atomic E-state index is 12.8. The van der Waals surface area contributed by atoms with Crippen LogP contribution in [0.1, 0.15) is 23.1 Å². The predicted molar refractivity (Wildman–Crippen MR) is 140 cm³/mol. The Hall–Kier alpha value is -3.09. The van der Waals surface area contributed by atoms with Gasteiger partial charge in [-0.3, -0.25) is 9.69 Å². The first-order chi connectivity index (χ1) is 16.0. The summed E-state index contributed by atoms with van der Waals surface area (Å²) in [4.78, 5) is 15.0. The van der Waals surface area contributed by atoms with Gasteiger partial charge in [-0.2, -0.15) is 0 Å². The molecule has 4 rings (SSSR count). The van der Waals surface area contributed by atoms with Crippen molar-refractivity contribution in [2.24, 2.45) is 0 Å². The number of carbonyl (C=O) groups is 1. The first-order valence-corrected chi connectivity index (χ1v) is 12.0. The van der Waals surface area contributed by atoms with E-state index in [2.05, 4.69) is 26.0 Å². The highest BCUT2D eigenvalue weighted by Gasteiger charge is 2.33. The second kappa shape index (κ2) is 10.7. The number of para-hydroxylation sites is 1. The molecular formula is C27H25NO3S2. The molecule has 0 unspecified atom stereocenters. The molecule has 1 amide bonds. The molecule has 0 spiro atoms. The van der Waals surface area contributed by atoms with E-state index < -0.39 is 0 Å². The number of hydrogen-bond acceptors (Lipinski definition) is 5. The van der Waals surface area contributed by atoms with Gasteiger partial charge in [-0.05, 0) is 73.0 Å². The van der Waals surface area contributed by atoms with Gasteiger partial charge in [0.2, 0.25) is 0 Å². The number of aryl methyl sites for hydroxylation is 2. The lowest BCUT2D eigenvalue weighted by Crippen LogP contribution is -2.27. The SMILES string of the molecule is Cc1ccc(OCCCOc2ccc(C=C3SC(=S)N(c4ccccc4)C3=O)cc2)cc1C. The molecular weight excluding hydrogens is 450 g/mol.